The van der Waals surface area contributed by atoms with Gasteiger partial charge in [0.15, 0.2) is 17.5 Å². The van der Waals surface area contributed by atoms with Crippen molar-refractivity contribution < 1.29 is 32.2 Å². The highest BCUT2D eigenvalue weighted by atomic mass is 19.4. The Balaban J connectivity index is 1.57. The van der Waals surface area contributed by atoms with E-state index in [9.17, 15) is 18.0 Å². The van der Waals surface area contributed by atoms with Crippen LogP contribution < -0.4 is 31.0 Å². The predicted octanol–water partition coefficient (Wildman–Crippen LogP) is 4.17. The Morgan fingerprint density at radius 1 is 1.03 bits per heavy atom. The SMILES string of the molecule is NC(N)=Nc1ccc(NC(=O)c2ccc3c(c2)OCO3)cc1OCc1ccccc1C(F)(F)F. The van der Waals surface area contributed by atoms with Crippen molar-refractivity contribution in [2.45, 2.75) is 12.8 Å². The zero-order valence-electron chi connectivity index (χ0n) is 17.6. The van der Waals surface area contributed by atoms with Crippen molar-refractivity contribution in [1.82, 2.24) is 0 Å². The molecule has 0 fully saturated rings. The summed E-state index contributed by atoms with van der Waals surface area (Å²) >= 11 is 0. The number of nitrogens with zero attached hydrogens (tertiary/aromatic N) is 1. The van der Waals surface area contributed by atoms with E-state index in [0.717, 1.165) is 6.07 Å². The molecule has 1 aliphatic heterocycles. The molecule has 0 radical (unpaired) electrons. The van der Waals surface area contributed by atoms with Gasteiger partial charge < -0.3 is 31.0 Å². The van der Waals surface area contributed by atoms with Crippen LogP contribution in [0.4, 0.5) is 24.5 Å². The normalized spacial score (nSPS) is 12.2. The van der Waals surface area contributed by atoms with Crippen LogP contribution in [0.5, 0.6) is 17.2 Å². The van der Waals surface area contributed by atoms with Gasteiger partial charge in [-0.25, -0.2) is 4.99 Å². The fourth-order valence-electron chi connectivity index (χ4n) is 3.26. The molecule has 0 spiro atoms. The Morgan fingerprint density at radius 2 is 1.79 bits per heavy atom. The number of fused-ring (bicyclic) bond motifs is 1. The molecule has 5 N–H and O–H groups in total. The number of guanidine groups is 1. The summed E-state index contributed by atoms with van der Waals surface area (Å²) < 4.78 is 56.1. The molecular weight excluding hydrogens is 453 g/mol. The number of nitrogens with two attached hydrogens (primary N) is 2. The summed E-state index contributed by atoms with van der Waals surface area (Å²) in [6.45, 7) is -0.326. The first-order valence-electron chi connectivity index (χ1n) is 9.93. The number of anilines is 1. The molecule has 11 heteroatoms. The summed E-state index contributed by atoms with van der Waals surface area (Å²) in [5, 5.41) is 2.70. The van der Waals surface area contributed by atoms with Crippen LogP contribution in [0.2, 0.25) is 0 Å². The van der Waals surface area contributed by atoms with Crippen LogP contribution in [0, 0.1) is 0 Å². The molecule has 1 aliphatic rings. The highest BCUT2D eigenvalue weighted by molar-refractivity contribution is 6.05. The number of alkyl halides is 3. The topological polar surface area (TPSA) is 121 Å². The molecule has 1 amide bonds. The number of ether oxygens (including phenoxy) is 3. The molecule has 8 nitrogen and oxygen atoms in total. The summed E-state index contributed by atoms with van der Waals surface area (Å²) in [5.41, 5.74) is 10.8. The summed E-state index contributed by atoms with van der Waals surface area (Å²) in [6.07, 6.45) is -4.54. The number of nitrogens with one attached hydrogen (secondary N) is 1. The van der Waals surface area contributed by atoms with E-state index in [2.05, 4.69) is 10.3 Å². The second kappa shape index (κ2) is 9.22. The second-order valence-corrected chi connectivity index (χ2v) is 7.18. The van der Waals surface area contributed by atoms with Gasteiger partial charge in [-0.2, -0.15) is 13.2 Å². The molecule has 1 heterocycles. The van der Waals surface area contributed by atoms with Crippen molar-refractivity contribution in [2.75, 3.05) is 12.1 Å². The number of rotatable bonds is 6. The molecule has 0 bridgehead atoms. The van der Waals surface area contributed by atoms with E-state index in [1.807, 2.05) is 0 Å². The van der Waals surface area contributed by atoms with Crippen LogP contribution >= 0.6 is 0 Å². The van der Waals surface area contributed by atoms with Gasteiger partial charge in [0.05, 0.1) is 5.56 Å². The lowest BCUT2D eigenvalue weighted by Crippen LogP contribution is -2.22. The minimum absolute atomic E-state index is 0.0690. The van der Waals surface area contributed by atoms with E-state index in [1.54, 1.807) is 12.1 Å². The van der Waals surface area contributed by atoms with Crippen LogP contribution in [0.1, 0.15) is 21.5 Å². The van der Waals surface area contributed by atoms with Crippen LogP contribution in [0.3, 0.4) is 0 Å². The second-order valence-electron chi connectivity index (χ2n) is 7.18. The average Bonchev–Trinajstić information content (AvgIpc) is 3.26. The Kier molecular flexibility index (Phi) is 6.17. The quantitative estimate of drug-likeness (QED) is 0.366. The molecule has 3 aromatic rings. The Hall–Kier alpha value is -4.41. The lowest BCUT2D eigenvalue weighted by atomic mass is 10.1. The lowest BCUT2D eigenvalue weighted by molar-refractivity contribution is -0.138. The fraction of sp³-hybridized carbons (Fsp3) is 0.130. The Labute approximate surface area is 191 Å². The van der Waals surface area contributed by atoms with E-state index in [-0.39, 0.29) is 29.8 Å². The smallest absolute Gasteiger partial charge is 0.416 e. The summed E-state index contributed by atoms with van der Waals surface area (Å²) in [5.74, 6) is 0.351. The maximum Gasteiger partial charge on any atom is 0.416 e. The molecule has 0 aromatic heterocycles. The van der Waals surface area contributed by atoms with Gasteiger partial charge in [0, 0.05) is 22.9 Å². The molecule has 0 unspecified atom stereocenters. The molecule has 34 heavy (non-hydrogen) atoms. The third-order valence-corrected chi connectivity index (χ3v) is 4.81. The van der Waals surface area contributed by atoms with Crippen LogP contribution in [0.25, 0.3) is 0 Å². The minimum atomic E-state index is -4.54. The summed E-state index contributed by atoms with van der Waals surface area (Å²) in [4.78, 5) is 16.6. The van der Waals surface area contributed by atoms with E-state index in [1.165, 1.54) is 42.5 Å². The number of hydrogen-bond donors (Lipinski definition) is 3. The molecule has 3 aromatic carbocycles. The first-order chi connectivity index (χ1) is 16.2. The van der Waals surface area contributed by atoms with Gasteiger partial charge in [0.25, 0.3) is 5.91 Å². The first kappa shape index (κ1) is 22.8. The summed E-state index contributed by atoms with van der Waals surface area (Å²) in [6, 6.07) is 14.2. The number of benzene rings is 3. The monoisotopic (exact) mass is 472 g/mol. The molecule has 0 aliphatic carbocycles. The number of halogens is 3. The van der Waals surface area contributed by atoms with Crippen molar-refractivity contribution >= 4 is 23.2 Å². The van der Waals surface area contributed by atoms with Crippen LogP contribution in [-0.4, -0.2) is 18.7 Å². The van der Waals surface area contributed by atoms with Crippen molar-refractivity contribution in [1.29, 1.82) is 0 Å². The first-order valence-corrected chi connectivity index (χ1v) is 9.93. The number of hydrogen-bond acceptors (Lipinski definition) is 5. The van der Waals surface area contributed by atoms with E-state index in [0.29, 0.717) is 22.7 Å². The molecule has 0 saturated carbocycles. The zero-order chi connectivity index (χ0) is 24.3. The van der Waals surface area contributed by atoms with Crippen molar-refractivity contribution in [3.8, 4) is 17.2 Å². The van der Waals surface area contributed by atoms with Gasteiger partial charge >= 0.3 is 6.18 Å². The Bertz CT molecular complexity index is 1260. The van der Waals surface area contributed by atoms with Crippen LogP contribution in [-0.2, 0) is 12.8 Å². The van der Waals surface area contributed by atoms with Gasteiger partial charge in [-0.15, -0.1) is 0 Å². The maximum absolute atomic E-state index is 13.3. The highest BCUT2D eigenvalue weighted by Crippen LogP contribution is 2.36. The van der Waals surface area contributed by atoms with Gasteiger partial charge in [-0.1, -0.05) is 18.2 Å². The van der Waals surface area contributed by atoms with Gasteiger partial charge in [0.2, 0.25) is 6.79 Å². The predicted molar refractivity (Wildman–Crippen MR) is 118 cm³/mol. The number of carbonyl (C=O) groups is 1. The van der Waals surface area contributed by atoms with E-state index in [4.69, 9.17) is 25.7 Å². The average molecular weight is 472 g/mol. The molecule has 0 saturated heterocycles. The van der Waals surface area contributed by atoms with Gasteiger partial charge in [0.1, 0.15) is 18.0 Å². The van der Waals surface area contributed by atoms with Gasteiger partial charge in [-0.3, -0.25) is 4.79 Å². The third-order valence-electron chi connectivity index (χ3n) is 4.81. The van der Waals surface area contributed by atoms with Crippen molar-refractivity contribution in [3.63, 3.8) is 0 Å². The molecule has 4 rings (SSSR count). The van der Waals surface area contributed by atoms with Crippen LogP contribution in [0.15, 0.2) is 65.7 Å². The zero-order valence-corrected chi connectivity index (χ0v) is 17.6. The van der Waals surface area contributed by atoms with E-state index < -0.39 is 24.3 Å². The van der Waals surface area contributed by atoms with E-state index >= 15 is 0 Å². The lowest BCUT2D eigenvalue weighted by Gasteiger charge is -2.15. The fourth-order valence-corrected chi connectivity index (χ4v) is 3.26. The Morgan fingerprint density at radius 3 is 2.56 bits per heavy atom. The molecule has 176 valence electrons. The van der Waals surface area contributed by atoms with Crippen molar-refractivity contribution in [2.24, 2.45) is 16.5 Å². The number of aliphatic imine (C=N–C) groups is 1. The molecule has 0 atom stereocenters. The third kappa shape index (κ3) is 5.14. The standard InChI is InChI=1S/C23H19F3N4O4/c24-23(25,26)16-4-2-1-3-14(16)11-32-19-10-15(6-7-17(19)30-22(27)28)29-21(31)13-5-8-18-20(9-13)34-12-33-18/h1-10H,11-12H2,(H,29,31)(H4,27,28,30). The highest BCUT2D eigenvalue weighted by Gasteiger charge is 2.33. The minimum Gasteiger partial charge on any atom is -0.487 e. The van der Waals surface area contributed by atoms with Gasteiger partial charge in [-0.05, 0) is 36.4 Å². The summed E-state index contributed by atoms with van der Waals surface area (Å²) in [7, 11) is 0. The number of amides is 1. The van der Waals surface area contributed by atoms with Crippen molar-refractivity contribution in [3.05, 3.63) is 77.4 Å². The number of carbonyl (C=O) groups excluding carboxylic acids is 1. The largest absolute Gasteiger partial charge is 0.487 e. The molecular formula is C23H19F3N4O4. The maximum atomic E-state index is 13.3.